The van der Waals surface area contributed by atoms with E-state index in [2.05, 4.69) is 104 Å². The molecule has 3 aromatic rings. The second-order valence-electron chi connectivity index (χ2n) is 11.5. The number of hydrogen-bond acceptors (Lipinski definition) is 4. The van der Waals surface area contributed by atoms with Crippen LogP contribution < -0.4 is 19.1 Å². The van der Waals surface area contributed by atoms with E-state index in [0.29, 0.717) is 0 Å². The van der Waals surface area contributed by atoms with E-state index in [1.165, 1.54) is 0 Å². The smallest absolute Gasteiger partial charge is 0.120 e. The second-order valence-corrected chi connectivity index (χ2v) is 11.5. The maximum Gasteiger partial charge on any atom is 0.120 e. The zero-order chi connectivity index (χ0) is 25.1. The van der Waals surface area contributed by atoms with E-state index < -0.39 is 0 Å². The van der Waals surface area contributed by atoms with E-state index in [4.69, 9.17) is 14.2 Å². The molecule has 182 valence electrons. The Morgan fingerprint density at radius 2 is 0.588 bits per heavy atom. The Bertz CT molecular complexity index is 908. The fourth-order valence-electron chi connectivity index (χ4n) is 3.50. The minimum atomic E-state index is -0.243. The number of anilines is 3. The lowest BCUT2D eigenvalue weighted by atomic mass is 10.1. The van der Waals surface area contributed by atoms with Gasteiger partial charge in [0.2, 0.25) is 0 Å². The number of ether oxygens (including phenoxy) is 3. The molecule has 0 bridgehead atoms. The third kappa shape index (κ3) is 7.72. The van der Waals surface area contributed by atoms with Crippen molar-refractivity contribution < 1.29 is 14.2 Å². The van der Waals surface area contributed by atoms with Gasteiger partial charge in [0.1, 0.15) is 34.1 Å². The molecule has 3 aromatic carbocycles. The average Bonchev–Trinajstić information content (AvgIpc) is 2.69. The maximum atomic E-state index is 6.02. The monoisotopic (exact) mass is 461 g/mol. The first-order chi connectivity index (χ1) is 15.7. The minimum absolute atomic E-state index is 0.243. The van der Waals surface area contributed by atoms with E-state index in [-0.39, 0.29) is 16.8 Å². The van der Waals surface area contributed by atoms with Crippen molar-refractivity contribution in [1.29, 1.82) is 0 Å². The molecule has 0 spiro atoms. The molecule has 34 heavy (non-hydrogen) atoms. The molecule has 0 aliphatic rings. The van der Waals surface area contributed by atoms with E-state index in [9.17, 15) is 0 Å². The lowest BCUT2D eigenvalue weighted by Gasteiger charge is -2.28. The molecule has 0 radical (unpaired) electrons. The average molecular weight is 462 g/mol. The molecule has 3 rings (SSSR count). The van der Waals surface area contributed by atoms with Gasteiger partial charge < -0.3 is 19.1 Å². The van der Waals surface area contributed by atoms with Crippen LogP contribution in [0.15, 0.2) is 72.8 Å². The quantitative estimate of drug-likeness (QED) is 0.367. The Labute approximate surface area is 205 Å². The molecule has 0 amide bonds. The number of hydrogen-bond donors (Lipinski definition) is 0. The van der Waals surface area contributed by atoms with Crippen molar-refractivity contribution in [2.24, 2.45) is 0 Å². The molecular formula is C30H39NO3. The molecule has 0 atom stereocenters. The highest BCUT2D eigenvalue weighted by Crippen LogP contribution is 2.37. The van der Waals surface area contributed by atoms with E-state index in [0.717, 1.165) is 34.3 Å². The third-order valence-electron chi connectivity index (χ3n) is 4.56. The van der Waals surface area contributed by atoms with Gasteiger partial charge in [-0.2, -0.15) is 0 Å². The summed E-state index contributed by atoms with van der Waals surface area (Å²) in [5, 5.41) is 0. The highest BCUT2D eigenvalue weighted by Gasteiger charge is 2.17. The zero-order valence-electron chi connectivity index (χ0n) is 22.1. The van der Waals surface area contributed by atoms with Gasteiger partial charge in [0.05, 0.1) is 0 Å². The SMILES string of the molecule is CC(C)(C)Oc1ccc(N(c2ccc(OC(C)(C)C)cc2)c2ccc(OC(C)(C)C)cc2)cc1. The number of nitrogens with zero attached hydrogens (tertiary/aromatic N) is 1. The molecule has 0 saturated heterocycles. The lowest BCUT2D eigenvalue weighted by Crippen LogP contribution is -2.23. The third-order valence-corrected chi connectivity index (χ3v) is 4.56. The van der Waals surface area contributed by atoms with Crippen molar-refractivity contribution in [2.45, 2.75) is 79.1 Å². The fraction of sp³-hybridized carbons (Fsp3) is 0.400. The Kier molecular flexibility index (Phi) is 7.21. The first-order valence-corrected chi connectivity index (χ1v) is 11.9. The van der Waals surface area contributed by atoms with Crippen LogP contribution in [0.5, 0.6) is 17.2 Å². The molecule has 4 nitrogen and oxygen atoms in total. The summed E-state index contributed by atoms with van der Waals surface area (Å²) >= 11 is 0. The highest BCUT2D eigenvalue weighted by molar-refractivity contribution is 5.77. The van der Waals surface area contributed by atoms with Gasteiger partial charge in [-0.3, -0.25) is 0 Å². The predicted molar refractivity (Wildman–Crippen MR) is 142 cm³/mol. The molecule has 0 unspecified atom stereocenters. The maximum absolute atomic E-state index is 6.02. The van der Waals surface area contributed by atoms with Gasteiger partial charge in [-0.15, -0.1) is 0 Å². The normalized spacial score (nSPS) is 12.3. The van der Waals surface area contributed by atoms with Crippen molar-refractivity contribution in [3.8, 4) is 17.2 Å². The van der Waals surface area contributed by atoms with Crippen LogP contribution in [0.1, 0.15) is 62.3 Å². The first kappa shape index (κ1) is 25.5. The summed E-state index contributed by atoms with van der Waals surface area (Å²) in [5.74, 6) is 2.54. The highest BCUT2D eigenvalue weighted by atomic mass is 16.5. The summed E-state index contributed by atoms with van der Waals surface area (Å²) in [6.07, 6.45) is 0. The van der Waals surface area contributed by atoms with Crippen molar-refractivity contribution in [2.75, 3.05) is 4.90 Å². The zero-order valence-corrected chi connectivity index (χ0v) is 22.1. The van der Waals surface area contributed by atoms with Crippen LogP contribution in [0.2, 0.25) is 0 Å². The van der Waals surface area contributed by atoms with Crippen LogP contribution in [0.25, 0.3) is 0 Å². The van der Waals surface area contributed by atoms with Crippen LogP contribution >= 0.6 is 0 Å². The van der Waals surface area contributed by atoms with E-state index in [1.807, 2.05) is 36.4 Å². The first-order valence-electron chi connectivity index (χ1n) is 11.9. The molecule has 4 heteroatoms. The van der Waals surface area contributed by atoms with Crippen molar-refractivity contribution in [3.05, 3.63) is 72.8 Å². The van der Waals surface area contributed by atoms with Gasteiger partial charge in [-0.05, 0) is 135 Å². The fourth-order valence-corrected chi connectivity index (χ4v) is 3.50. The topological polar surface area (TPSA) is 30.9 Å². The molecular weight excluding hydrogens is 422 g/mol. The lowest BCUT2D eigenvalue weighted by molar-refractivity contribution is 0.130. The number of rotatable bonds is 6. The van der Waals surface area contributed by atoms with Gasteiger partial charge in [0.15, 0.2) is 0 Å². The van der Waals surface area contributed by atoms with Crippen LogP contribution in [0, 0.1) is 0 Å². The molecule has 0 N–H and O–H groups in total. The van der Waals surface area contributed by atoms with Crippen LogP contribution in [-0.4, -0.2) is 16.8 Å². The molecule has 0 heterocycles. The Morgan fingerprint density at radius 1 is 0.382 bits per heavy atom. The van der Waals surface area contributed by atoms with Gasteiger partial charge in [-0.1, -0.05) is 0 Å². The summed E-state index contributed by atoms with van der Waals surface area (Å²) in [4.78, 5) is 2.21. The van der Waals surface area contributed by atoms with Crippen LogP contribution in [-0.2, 0) is 0 Å². The van der Waals surface area contributed by atoms with Gasteiger partial charge in [-0.25, -0.2) is 0 Å². The van der Waals surface area contributed by atoms with Crippen LogP contribution in [0.3, 0.4) is 0 Å². The van der Waals surface area contributed by atoms with E-state index >= 15 is 0 Å². The Hall–Kier alpha value is -3.14. The van der Waals surface area contributed by atoms with Gasteiger partial charge >= 0.3 is 0 Å². The molecule has 0 aliphatic carbocycles. The predicted octanol–water partition coefficient (Wildman–Crippen LogP) is 8.69. The van der Waals surface area contributed by atoms with Gasteiger partial charge in [0.25, 0.3) is 0 Å². The van der Waals surface area contributed by atoms with Crippen LogP contribution in [0.4, 0.5) is 17.1 Å². The molecule has 0 saturated carbocycles. The Morgan fingerprint density at radius 3 is 0.765 bits per heavy atom. The summed E-state index contributed by atoms with van der Waals surface area (Å²) < 4.78 is 18.1. The van der Waals surface area contributed by atoms with Crippen molar-refractivity contribution >= 4 is 17.1 Å². The standard InChI is InChI=1S/C30H39NO3/c1-28(2,3)32-25-16-10-22(11-17-25)31(23-12-18-26(19-13-23)33-29(4,5)6)24-14-20-27(21-15-24)34-30(7,8)9/h10-21H,1-9H3. The summed E-state index contributed by atoms with van der Waals surface area (Å²) in [7, 11) is 0. The molecule has 0 aromatic heterocycles. The van der Waals surface area contributed by atoms with Crippen molar-refractivity contribution in [1.82, 2.24) is 0 Å². The van der Waals surface area contributed by atoms with Gasteiger partial charge in [0, 0.05) is 17.1 Å². The summed E-state index contributed by atoms with van der Waals surface area (Å²) in [6.45, 7) is 18.5. The molecule has 0 aliphatic heterocycles. The van der Waals surface area contributed by atoms with E-state index in [1.54, 1.807) is 0 Å². The van der Waals surface area contributed by atoms with Crippen molar-refractivity contribution in [3.63, 3.8) is 0 Å². The second kappa shape index (κ2) is 9.61. The Balaban J connectivity index is 1.97. The minimum Gasteiger partial charge on any atom is -0.488 e. The summed E-state index contributed by atoms with van der Waals surface area (Å²) in [6, 6.07) is 24.6. The largest absolute Gasteiger partial charge is 0.488 e. The number of benzene rings is 3. The summed E-state index contributed by atoms with van der Waals surface area (Å²) in [5.41, 5.74) is 2.38. The molecule has 0 fully saturated rings.